The van der Waals surface area contributed by atoms with Gasteiger partial charge >= 0.3 is 5.97 Å². The third-order valence-electron chi connectivity index (χ3n) is 5.03. The molecule has 0 aliphatic carbocycles. The Balaban J connectivity index is 1.33. The second-order valence-electron chi connectivity index (χ2n) is 7.39. The van der Waals surface area contributed by atoms with Gasteiger partial charge in [0.15, 0.2) is 17.3 Å². The summed E-state index contributed by atoms with van der Waals surface area (Å²) in [5.74, 6) is 0.107. The highest BCUT2D eigenvalue weighted by Gasteiger charge is 2.35. The van der Waals surface area contributed by atoms with Gasteiger partial charge < -0.3 is 14.2 Å². The first kappa shape index (κ1) is 23.5. The third-order valence-corrected chi connectivity index (χ3v) is 6.76. The van der Waals surface area contributed by atoms with E-state index in [1.165, 1.54) is 41.3 Å². The maximum Gasteiger partial charge on any atom is 0.353 e. The van der Waals surface area contributed by atoms with Crippen LogP contribution in [0.4, 0.5) is 0 Å². The van der Waals surface area contributed by atoms with Crippen LogP contribution in [0.5, 0.6) is 17.2 Å². The van der Waals surface area contributed by atoms with Crippen LogP contribution in [0.25, 0.3) is 6.08 Å². The van der Waals surface area contributed by atoms with Crippen molar-refractivity contribution in [2.24, 2.45) is 10.1 Å². The van der Waals surface area contributed by atoms with Gasteiger partial charge in [-0.15, -0.1) is 11.3 Å². The number of methoxy groups -OCH3 is 1. The van der Waals surface area contributed by atoms with Crippen molar-refractivity contribution in [3.8, 4) is 17.2 Å². The highest BCUT2D eigenvalue weighted by molar-refractivity contribution is 8.27. The van der Waals surface area contributed by atoms with Gasteiger partial charge in [0.2, 0.25) is 5.17 Å². The molecule has 36 heavy (non-hydrogen) atoms. The molecule has 1 aromatic heterocycles. The van der Waals surface area contributed by atoms with E-state index in [1.807, 2.05) is 30.3 Å². The first-order chi connectivity index (χ1) is 17.5. The van der Waals surface area contributed by atoms with Gasteiger partial charge in [-0.2, -0.15) is 15.1 Å². The number of hydrazone groups is 1. The Morgan fingerprint density at radius 1 is 1.11 bits per heavy atom. The second-order valence-corrected chi connectivity index (χ2v) is 9.38. The summed E-state index contributed by atoms with van der Waals surface area (Å²) < 4.78 is 16.5. The summed E-state index contributed by atoms with van der Waals surface area (Å²) >= 11 is 2.46. The quantitative estimate of drug-likeness (QED) is 0.275. The average Bonchev–Trinajstić information content (AvgIpc) is 3.57. The van der Waals surface area contributed by atoms with E-state index in [-0.39, 0.29) is 23.8 Å². The van der Waals surface area contributed by atoms with Crippen molar-refractivity contribution in [1.82, 2.24) is 5.01 Å². The van der Waals surface area contributed by atoms with Crippen molar-refractivity contribution in [1.29, 1.82) is 5.41 Å². The minimum absolute atomic E-state index is 0.0683. The van der Waals surface area contributed by atoms with Crippen molar-refractivity contribution in [3.63, 3.8) is 0 Å². The molecule has 180 valence electrons. The van der Waals surface area contributed by atoms with Crippen LogP contribution in [0.2, 0.25) is 0 Å². The van der Waals surface area contributed by atoms with Crippen LogP contribution in [0, 0.1) is 5.41 Å². The molecule has 2 aliphatic rings. The molecule has 0 spiro atoms. The highest BCUT2D eigenvalue weighted by atomic mass is 32.2. The smallest absolute Gasteiger partial charge is 0.353 e. The summed E-state index contributed by atoms with van der Waals surface area (Å²) in [4.78, 5) is 29.6. The van der Waals surface area contributed by atoms with Gasteiger partial charge in [0.1, 0.15) is 22.3 Å². The summed E-state index contributed by atoms with van der Waals surface area (Å²) in [6, 6.07) is 17.6. The summed E-state index contributed by atoms with van der Waals surface area (Å²) in [6.07, 6.45) is 1.52. The monoisotopic (exact) mass is 518 g/mol. The molecule has 0 bridgehead atoms. The number of carbonyl (C=O) groups excluding carboxylic acids is 2. The molecule has 0 unspecified atom stereocenters. The Morgan fingerprint density at radius 3 is 2.69 bits per heavy atom. The van der Waals surface area contributed by atoms with Crippen LogP contribution in [0.1, 0.15) is 15.2 Å². The summed E-state index contributed by atoms with van der Waals surface area (Å²) in [7, 11) is 1.45. The minimum atomic E-state index is -0.550. The molecule has 2 aromatic carbocycles. The van der Waals surface area contributed by atoms with Gasteiger partial charge in [0.05, 0.1) is 12.7 Å². The second kappa shape index (κ2) is 10.2. The van der Waals surface area contributed by atoms with E-state index in [4.69, 9.17) is 19.6 Å². The fraction of sp³-hybridized carbons (Fsp3) is 0.0800. The molecular formula is C25H18N4O5S2. The summed E-state index contributed by atoms with van der Waals surface area (Å²) in [5.41, 5.74) is 0.636. The van der Waals surface area contributed by atoms with Crippen LogP contribution < -0.4 is 14.2 Å². The first-order valence-corrected chi connectivity index (χ1v) is 12.3. The Bertz CT molecular complexity index is 1430. The number of carbonyl (C=O) groups is 2. The number of hydrogen-bond donors (Lipinski definition) is 1. The minimum Gasteiger partial charge on any atom is -0.493 e. The lowest BCUT2D eigenvalue weighted by Gasteiger charge is -2.20. The zero-order valence-corrected chi connectivity index (χ0v) is 20.5. The number of thioether (sulfide) groups is 1. The Labute approximate surface area is 214 Å². The van der Waals surface area contributed by atoms with E-state index in [0.29, 0.717) is 32.2 Å². The average molecular weight is 519 g/mol. The van der Waals surface area contributed by atoms with Gasteiger partial charge in [-0.1, -0.05) is 30.3 Å². The number of thiophene rings is 1. The number of nitrogens with zero attached hydrogens (tertiary/aromatic N) is 3. The van der Waals surface area contributed by atoms with E-state index in [2.05, 4.69) is 10.1 Å². The molecule has 3 heterocycles. The number of benzene rings is 2. The molecule has 0 saturated carbocycles. The SMILES string of the molecule is COc1cc(C=C2C(=N)N3N=C(COc4ccccc4)SC3=NC2=O)ccc1OC(=O)c1cccs1. The number of amides is 1. The van der Waals surface area contributed by atoms with E-state index < -0.39 is 11.9 Å². The number of hydrogen-bond acceptors (Lipinski definition) is 9. The lowest BCUT2D eigenvalue weighted by molar-refractivity contribution is -0.114. The van der Waals surface area contributed by atoms with Crippen molar-refractivity contribution < 1.29 is 23.8 Å². The number of amidine groups is 2. The zero-order valence-electron chi connectivity index (χ0n) is 18.8. The number of esters is 1. The van der Waals surface area contributed by atoms with Gasteiger partial charge in [-0.05, 0) is 59.1 Å². The molecular weight excluding hydrogens is 500 g/mol. The maximum atomic E-state index is 12.7. The topological polar surface area (TPSA) is 114 Å². The zero-order chi connectivity index (χ0) is 25.1. The normalized spacial score (nSPS) is 15.9. The van der Waals surface area contributed by atoms with Gasteiger partial charge in [0.25, 0.3) is 5.91 Å². The van der Waals surface area contributed by atoms with Gasteiger partial charge in [-0.3, -0.25) is 10.2 Å². The lowest BCUT2D eigenvalue weighted by Crippen LogP contribution is -2.35. The highest BCUT2D eigenvalue weighted by Crippen LogP contribution is 2.32. The van der Waals surface area contributed by atoms with Crippen molar-refractivity contribution in [2.75, 3.05) is 13.7 Å². The maximum absolute atomic E-state index is 12.7. The molecule has 0 atom stereocenters. The molecule has 0 radical (unpaired) electrons. The fourth-order valence-corrected chi connectivity index (χ4v) is 4.72. The predicted octanol–water partition coefficient (Wildman–Crippen LogP) is 4.67. The molecule has 2 aliphatic heterocycles. The van der Waals surface area contributed by atoms with Crippen LogP contribution in [-0.4, -0.2) is 46.6 Å². The number of fused-ring (bicyclic) bond motifs is 1. The lowest BCUT2D eigenvalue weighted by atomic mass is 10.1. The van der Waals surface area contributed by atoms with Crippen LogP contribution in [0.3, 0.4) is 0 Å². The van der Waals surface area contributed by atoms with Crippen molar-refractivity contribution >= 4 is 57.1 Å². The van der Waals surface area contributed by atoms with Gasteiger partial charge in [-0.25, -0.2) is 4.79 Å². The van der Waals surface area contributed by atoms with E-state index in [9.17, 15) is 9.59 Å². The van der Waals surface area contributed by atoms with Crippen molar-refractivity contribution in [3.05, 3.63) is 82.1 Å². The van der Waals surface area contributed by atoms with E-state index >= 15 is 0 Å². The molecule has 1 N–H and O–H groups in total. The van der Waals surface area contributed by atoms with Crippen LogP contribution in [-0.2, 0) is 4.79 Å². The number of ether oxygens (including phenoxy) is 3. The standard InChI is InChI=1S/C25H18N4O5S2/c1-32-19-13-15(9-10-18(19)34-24(31)20-8-5-11-35-20)12-17-22(26)29-25(27-23(17)30)36-21(28-29)14-33-16-6-3-2-4-7-16/h2-13,26H,14H2,1H3. The van der Waals surface area contributed by atoms with Crippen LogP contribution >= 0.6 is 23.1 Å². The summed E-state index contributed by atoms with van der Waals surface area (Å²) in [6.45, 7) is 0.188. The fourth-order valence-electron chi connectivity index (χ4n) is 3.32. The first-order valence-electron chi connectivity index (χ1n) is 10.6. The molecule has 9 nitrogen and oxygen atoms in total. The molecule has 3 aromatic rings. The summed E-state index contributed by atoms with van der Waals surface area (Å²) in [5, 5.41) is 16.9. The van der Waals surface area contributed by atoms with E-state index in [0.717, 1.165) is 0 Å². The predicted molar refractivity (Wildman–Crippen MR) is 139 cm³/mol. The molecule has 0 saturated heterocycles. The molecule has 5 rings (SSSR count). The molecule has 11 heteroatoms. The Hall–Kier alpha value is -4.22. The number of aliphatic imine (C=N–C) groups is 1. The Morgan fingerprint density at radius 2 is 1.94 bits per heavy atom. The third kappa shape index (κ3) is 4.92. The Kier molecular flexibility index (Phi) is 6.65. The number of para-hydroxylation sites is 1. The largest absolute Gasteiger partial charge is 0.493 e. The number of nitrogens with one attached hydrogen (secondary N) is 1. The molecule has 0 fully saturated rings. The van der Waals surface area contributed by atoms with Crippen LogP contribution in [0.15, 0.2) is 81.7 Å². The van der Waals surface area contributed by atoms with Gasteiger partial charge in [0, 0.05) is 0 Å². The van der Waals surface area contributed by atoms with Crippen molar-refractivity contribution in [2.45, 2.75) is 0 Å². The molecule has 1 amide bonds. The number of rotatable bonds is 7. The van der Waals surface area contributed by atoms with E-state index in [1.54, 1.807) is 35.7 Å².